The highest BCUT2D eigenvalue weighted by molar-refractivity contribution is 7.99. The maximum Gasteiger partial charge on any atom is 0.278 e. The van der Waals surface area contributed by atoms with E-state index in [1.54, 1.807) is 30.0 Å². The number of likely N-dealkylation sites (N-methyl/N-ethyl adjacent to an activating group) is 1. The van der Waals surface area contributed by atoms with E-state index < -0.39 is 0 Å². The van der Waals surface area contributed by atoms with Crippen LogP contribution in [0.3, 0.4) is 0 Å². The summed E-state index contributed by atoms with van der Waals surface area (Å²) < 4.78 is 13.2. The Morgan fingerprint density at radius 1 is 1.35 bits per heavy atom. The highest BCUT2D eigenvalue weighted by Crippen LogP contribution is 2.37. The lowest BCUT2D eigenvalue weighted by molar-refractivity contribution is -0.885. The lowest BCUT2D eigenvalue weighted by Gasteiger charge is -2.25. The molecule has 0 spiro atoms. The average molecular weight is 370 g/mol. The van der Waals surface area contributed by atoms with E-state index in [9.17, 15) is 9.18 Å². The Kier molecular flexibility index (Phi) is 5.92. The summed E-state index contributed by atoms with van der Waals surface area (Å²) in [7, 11) is 1.98. The second-order valence-corrected chi connectivity index (χ2v) is 7.67. The van der Waals surface area contributed by atoms with Gasteiger partial charge in [-0.15, -0.1) is 11.8 Å². The van der Waals surface area contributed by atoms with Gasteiger partial charge in [0.2, 0.25) is 0 Å². The van der Waals surface area contributed by atoms with Gasteiger partial charge in [-0.3, -0.25) is 4.79 Å². The van der Waals surface area contributed by atoms with Gasteiger partial charge in [0.1, 0.15) is 17.7 Å². The summed E-state index contributed by atoms with van der Waals surface area (Å²) in [5.74, 6) is 0.716. The third kappa shape index (κ3) is 4.43. The number of nitrogens with one attached hydrogen (secondary N) is 1. The Bertz CT molecular complexity index is 819. The van der Waals surface area contributed by atoms with Crippen LogP contribution in [0, 0.1) is 17.1 Å². The standard InChI is InChI=1S/C20H20FN3OS/c1-23(13-16-4-2-3-15(11-16)12-22)14-19(25)24-9-10-26-20(24)17-5-7-18(21)8-6-17/h2-8,11,20H,9-10,13-14H2,1H3/p+1/t20-/m1/s1. The molecule has 0 bridgehead atoms. The first kappa shape index (κ1) is 18.4. The highest BCUT2D eigenvalue weighted by atomic mass is 32.2. The van der Waals surface area contributed by atoms with Crippen LogP contribution in [0.1, 0.15) is 22.1 Å². The molecule has 1 aliphatic heterocycles. The zero-order chi connectivity index (χ0) is 18.5. The Labute approximate surface area is 157 Å². The Hall–Kier alpha value is -2.36. The number of amides is 1. The molecule has 1 amide bonds. The molecule has 26 heavy (non-hydrogen) atoms. The molecule has 1 unspecified atom stereocenters. The van der Waals surface area contributed by atoms with Crippen LogP contribution in [-0.2, 0) is 11.3 Å². The fourth-order valence-corrected chi connectivity index (χ4v) is 4.43. The summed E-state index contributed by atoms with van der Waals surface area (Å²) in [5.41, 5.74) is 2.63. The molecule has 1 N–H and O–H groups in total. The Balaban J connectivity index is 1.62. The molecule has 1 fully saturated rings. The van der Waals surface area contributed by atoms with Crippen LogP contribution in [-0.4, -0.2) is 36.7 Å². The summed E-state index contributed by atoms with van der Waals surface area (Å²) in [6, 6.07) is 16.0. The molecule has 0 saturated carbocycles. The minimum Gasteiger partial charge on any atom is -0.326 e. The van der Waals surface area contributed by atoms with Crippen LogP contribution < -0.4 is 4.90 Å². The normalized spacial score (nSPS) is 17.7. The fraction of sp³-hybridized carbons (Fsp3) is 0.300. The number of hydrogen-bond donors (Lipinski definition) is 1. The lowest BCUT2D eigenvalue weighted by Crippen LogP contribution is -3.08. The van der Waals surface area contributed by atoms with Gasteiger partial charge in [-0.05, 0) is 29.8 Å². The molecule has 0 aromatic heterocycles. The minimum absolute atomic E-state index is 0.0437. The van der Waals surface area contributed by atoms with Crippen molar-refractivity contribution >= 4 is 17.7 Å². The molecule has 2 aromatic carbocycles. The van der Waals surface area contributed by atoms with Crippen molar-refractivity contribution in [2.75, 3.05) is 25.9 Å². The molecule has 4 nitrogen and oxygen atoms in total. The van der Waals surface area contributed by atoms with E-state index >= 15 is 0 Å². The predicted molar refractivity (Wildman–Crippen MR) is 99.9 cm³/mol. The average Bonchev–Trinajstić information content (AvgIpc) is 3.12. The van der Waals surface area contributed by atoms with Gasteiger partial charge < -0.3 is 9.80 Å². The summed E-state index contributed by atoms with van der Waals surface area (Å²) in [6.07, 6.45) is 0. The number of benzene rings is 2. The maximum absolute atomic E-state index is 13.2. The Morgan fingerprint density at radius 3 is 2.85 bits per heavy atom. The number of halogens is 1. The molecule has 2 aromatic rings. The molecule has 1 heterocycles. The SMILES string of the molecule is C[NH+](CC(=O)N1CCS[C@@H]1c1ccc(F)cc1)Cc1cccc(C#N)c1. The van der Waals surface area contributed by atoms with Crippen molar-refractivity contribution in [1.29, 1.82) is 5.26 Å². The lowest BCUT2D eigenvalue weighted by atomic mass is 10.1. The van der Waals surface area contributed by atoms with E-state index in [2.05, 4.69) is 6.07 Å². The first-order valence-electron chi connectivity index (χ1n) is 8.53. The van der Waals surface area contributed by atoms with Gasteiger partial charge in [0.05, 0.1) is 18.7 Å². The summed E-state index contributed by atoms with van der Waals surface area (Å²) in [4.78, 5) is 15.7. The van der Waals surface area contributed by atoms with E-state index in [1.165, 1.54) is 12.1 Å². The number of nitriles is 1. The van der Waals surface area contributed by atoms with Crippen LogP contribution in [0.2, 0.25) is 0 Å². The molecule has 134 valence electrons. The molecule has 1 aliphatic rings. The van der Waals surface area contributed by atoms with Crippen LogP contribution in [0.25, 0.3) is 0 Å². The van der Waals surface area contributed by atoms with E-state index in [4.69, 9.17) is 5.26 Å². The predicted octanol–water partition coefficient (Wildman–Crippen LogP) is 1.99. The summed E-state index contributed by atoms with van der Waals surface area (Å²) >= 11 is 1.71. The molecular weight excluding hydrogens is 349 g/mol. The van der Waals surface area contributed by atoms with Gasteiger partial charge in [0, 0.05) is 17.9 Å². The van der Waals surface area contributed by atoms with Crippen molar-refractivity contribution in [3.8, 4) is 6.07 Å². The van der Waals surface area contributed by atoms with E-state index in [0.717, 1.165) is 21.8 Å². The first-order valence-corrected chi connectivity index (χ1v) is 9.58. The summed E-state index contributed by atoms with van der Waals surface area (Å²) in [6.45, 7) is 1.78. The van der Waals surface area contributed by atoms with Gasteiger partial charge in [-0.2, -0.15) is 5.26 Å². The largest absolute Gasteiger partial charge is 0.326 e. The van der Waals surface area contributed by atoms with Crippen molar-refractivity contribution in [3.63, 3.8) is 0 Å². The monoisotopic (exact) mass is 370 g/mol. The van der Waals surface area contributed by atoms with Gasteiger partial charge >= 0.3 is 0 Å². The zero-order valence-corrected chi connectivity index (χ0v) is 15.4. The Morgan fingerprint density at radius 2 is 2.12 bits per heavy atom. The van der Waals surface area contributed by atoms with E-state index in [1.807, 2.05) is 30.1 Å². The molecule has 1 saturated heterocycles. The fourth-order valence-electron chi connectivity index (χ4n) is 3.15. The number of hydrogen-bond acceptors (Lipinski definition) is 3. The van der Waals surface area contributed by atoms with Crippen molar-refractivity contribution in [2.45, 2.75) is 11.9 Å². The van der Waals surface area contributed by atoms with Crippen molar-refractivity contribution < 1.29 is 14.1 Å². The molecule has 3 rings (SSSR count). The topological polar surface area (TPSA) is 48.5 Å². The third-order valence-electron chi connectivity index (χ3n) is 4.38. The van der Waals surface area contributed by atoms with Crippen LogP contribution in [0.5, 0.6) is 0 Å². The van der Waals surface area contributed by atoms with Crippen LogP contribution >= 0.6 is 11.8 Å². The van der Waals surface area contributed by atoms with Gasteiger partial charge in [-0.1, -0.05) is 24.3 Å². The molecule has 6 heteroatoms. The number of thioether (sulfide) groups is 1. The second kappa shape index (κ2) is 8.35. The smallest absolute Gasteiger partial charge is 0.278 e. The molecule has 0 aliphatic carbocycles. The van der Waals surface area contributed by atoms with Crippen molar-refractivity contribution in [3.05, 3.63) is 71.0 Å². The summed E-state index contributed by atoms with van der Waals surface area (Å²) in [5, 5.41) is 8.95. The van der Waals surface area contributed by atoms with Gasteiger partial charge in [0.15, 0.2) is 6.54 Å². The van der Waals surface area contributed by atoms with Gasteiger partial charge in [0.25, 0.3) is 5.91 Å². The zero-order valence-electron chi connectivity index (χ0n) is 14.6. The van der Waals surface area contributed by atoms with Gasteiger partial charge in [-0.25, -0.2) is 4.39 Å². The quantitative estimate of drug-likeness (QED) is 0.876. The van der Waals surface area contributed by atoms with Crippen LogP contribution in [0.15, 0.2) is 48.5 Å². The molecule has 0 radical (unpaired) electrons. The first-order chi connectivity index (χ1) is 12.6. The van der Waals surface area contributed by atoms with Crippen molar-refractivity contribution in [2.24, 2.45) is 0 Å². The highest BCUT2D eigenvalue weighted by Gasteiger charge is 2.32. The van der Waals surface area contributed by atoms with Crippen molar-refractivity contribution in [1.82, 2.24) is 4.90 Å². The van der Waals surface area contributed by atoms with E-state index in [0.29, 0.717) is 25.2 Å². The minimum atomic E-state index is -0.265. The second-order valence-electron chi connectivity index (χ2n) is 6.48. The van der Waals surface area contributed by atoms with E-state index in [-0.39, 0.29) is 17.1 Å². The number of rotatable bonds is 5. The van der Waals surface area contributed by atoms with Crippen LogP contribution in [0.4, 0.5) is 4.39 Å². The molecular formula is C20H21FN3OS+. The maximum atomic E-state index is 13.2. The number of carbonyl (C=O) groups is 1. The molecule has 2 atom stereocenters. The third-order valence-corrected chi connectivity index (χ3v) is 5.64. The number of quaternary nitrogens is 1. The number of nitrogens with zero attached hydrogens (tertiary/aromatic N) is 2. The number of carbonyl (C=O) groups excluding carboxylic acids is 1.